The molecule has 25 heavy (non-hydrogen) atoms. The Hall–Kier alpha value is -2.74. The summed E-state index contributed by atoms with van der Waals surface area (Å²) in [5, 5.41) is 3.66. The average Bonchev–Trinajstić information content (AvgIpc) is 2.65. The Morgan fingerprint density at radius 1 is 0.800 bits per heavy atom. The molecule has 0 atom stereocenters. The fourth-order valence-electron chi connectivity index (χ4n) is 3.19. The predicted molar refractivity (Wildman–Crippen MR) is 105 cm³/mol. The van der Waals surface area contributed by atoms with Crippen LogP contribution in [0.4, 0.5) is 0 Å². The Morgan fingerprint density at radius 3 is 2.44 bits per heavy atom. The molecule has 4 aromatic rings. The molecule has 124 valence electrons. The van der Waals surface area contributed by atoms with Gasteiger partial charge in [-0.05, 0) is 47.9 Å². The summed E-state index contributed by atoms with van der Waals surface area (Å²) in [7, 11) is 0. The molecule has 0 amide bonds. The number of pyridine rings is 2. The van der Waals surface area contributed by atoms with Crippen molar-refractivity contribution in [1.82, 2.24) is 9.97 Å². The lowest BCUT2D eigenvalue weighted by atomic mass is 10.0. The summed E-state index contributed by atoms with van der Waals surface area (Å²) in [5.41, 5.74) is 4.70. The highest BCUT2D eigenvalue weighted by molar-refractivity contribution is 5.82. The third-order valence-corrected chi connectivity index (χ3v) is 4.73. The first-order valence-corrected chi connectivity index (χ1v) is 8.92. The molecule has 0 N–H and O–H groups in total. The standard InChI is InChI=1S/C23H22N2/c1-16(2)22-12-10-18-9-7-17(13-23(18)25-22)8-11-21-14-19-5-3-4-6-20(19)15-24-21/h3-7,9-10,12-16H,8,11H2,1-2H3. The monoisotopic (exact) mass is 326 g/mol. The first kappa shape index (κ1) is 15.8. The zero-order chi connectivity index (χ0) is 17.2. The Morgan fingerprint density at radius 2 is 1.60 bits per heavy atom. The van der Waals surface area contributed by atoms with Crippen LogP contribution < -0.4 is 0 Å². The van der Waals surface area contributed by atoms with Crippen LogP contribution in [0.2, 0.25) is 0 Å². The maximum Gasteiger partial charge on any atom is 0.0708 e. The minimum absolute atomic E-state index is 0.454. The van der Waals surface area contributed by atoms with Crippen LogP contribution in [0.15, 0.2) is 66.9 Å². The molecule has 4 rings (SSSR count). The normalized spacial score (nSPS) is 11.5. The van der Waals surface area contributed by atoms with Gasteiger partial charge in [0.25, 0.3) is 0 Å². The number of hydrogen-bond acceptors (Lipinski definition) is 2. The summed E-state index contributed by atoms with van der Waals surface area (Å²) in [5.74, 6) is 0.454. The number of nitrogens with zero attached hydrogens (tertiary/aromatic N) is 2. The van der Waals surface area contributed by atoms with Gasteiger partial charge in [-0.2, -0.15) is 0 Å². The smallest absolute Gasteiger partial charge is 0.0708 e. The van der Waals surface area contributed by atoms with Crippen LogP contribution >= 0.6 is 0 Å². The summed E-state index contributed by atoms with van der Waals surface area (Å²) in [4.78, 5) is 9.42. The predicted octanol–water partition coefficient (Wildman–Crippen LogP) is 5.69. The first-order valence-electron chi connectivity index (χ1n) is 8.92. The lowest BCUT2D eigenvalue weighted by Gasteiger charge is -2.08. The van der Waals surface area contributed by atoms with E-state index in [1.165, 1.54) is 21.7 Å². The highest BCUT2D eigenvalue weighted by atomic mass is 14.7. The Labute approximate surface area is 148 Å². The van der Waals surface area contributed by atoms with Crippen molar-refractivity contribution < 1.29 is 0 Å². The van der Waals surface area contributed by atoms with Gasteiger partial charge in [-0.3, -0.25) is 9.97 Å². The minimum Gasteiger partial charge on any atom is -0.261 e. The molecular weight excluding hydrogens is 304 g/mol. The van der Waals surface area contributed by atoms with E-state index >= 15 is 0 Å². The highest BCUT2D eigenvalue weighted by Crippen LogP contribution is 2.20. The van der Waals surface area contributed by atoms with E-state index < -0.39 is 0 Å². The van der Waals surface area contributed by atoms with Crippen molar-refractivity contribution >= 4 is 21.7 Å². The van der Waals surface area contributed by atoms with E-state index in [0.717, 1.165) is 29.7 Å². The van der Waals surface area contributed by atoms with Crippen LogP contribution in [0.5, 0.6) is 0 Å². The number of hydrogen-bond donors (Lipinski definition) is 0. The molecule has 2 aromatic carbocycles. The Bertz CT molecular complexity index is 1030. The molecule has 2 nitrogen and oxygen atoms in total. The molecule has 0 aliphatic heterocycles. The van der Waals surface area contributed by atoms with Crippen LogP contribution in [0, 0.1) is 0 Å². The molecule has 0 aliphatic rings. The van der Waals surface area contributed by atoms with Crippen molar-refractivity contribution in [2.75, 3.05) is 0 Å². The third kappa shape index (κ3) is 3.39. The number of rotatable bonds is 4. The van der Waals surface area contributed by atoms with Crippen molar-refractivity contribution in [3.05, 3.63) is 83.8 Å². The van der Waals surface area contributed by atoms with E-state index in [1.54, 1.807) is 0 Å². The summed E-state index contributed by atoms with van der Waals surface area (Å²) in [6.45, 7) is 4.37. The number of aromatic nitrogens is 2. The van der Waals surface area contributed by atoms with Crippen LogP contribution in [-0.4, -0.2) is 9.97 Å². The van der Waals surface area contributed by atoms with Gasteiger partial charge in [0.15, 0.2) is 0 Å². The zero-order valence-electron chi connectivity index (χ0n) is 14.7. The van der Waals surface area contributed by atoms with Crippen LogP contribution in [0.3, 0.4) is 0 Å². The minimum atomic E-state index is 0.454. The van der Waals surface area contributed by atoms with Crippen molar-refractivity contribution in [2.24, 2.45) is 0 Å². The number of benzene rings is 2. The van der Waals surface area contributed by atoms with Gasteiger partial charge in [0.1, 0.15) is 0 Å². The second-order valence-electron chi connectivity index (χ2n) is 6.94. The van der Waals surface area contributed by atoms with Gasteiger partial charge in [-0.1, -0.05) is 56.3 Å². The van der Waals surface area contributed by atoms with E-state index in [1.807, 2.05) is 6.20 Å². The van der Waals surface area contributed by atoms with E-state index in [4.69, 9.17) is 4.98 Å². The van der Waals surface area contributed by atoms with Crippen molar-refractivity contribution in [2.45, 2.75) is 32.6 Å². The summed E-state index contributed by atoms with van der Waals surface area (Å²) in [6.07, 6.45) is 3.90. The number of fused-ring (bicyclic) bond motifs is 2. The van der Waals surface area contributed by atoms with Crippen LogP contribution in [-0.2, 0) is 12.8 Å². The van der Waals surface area contributed by atoms with Crippen LogP contribution in [0.25, 0.3) is 21.7 Å². The summed E-state index contributed by atoms with van der Waals surface area (Å²) in [6, 6.07) is 21.5. The molecule has 0 radical (unpaired) electrons. The van der Waals surface area contributed by atoms with Crippen molar-refractivity contribution in [3.63, 3.8) is 0 Å². The fourth-order valence-corrected chi connectivity index (χ4v) is 3.19. The molecular formula is C23H22N2. The molecule has 2 heterocycles. The van der Waals surface area contributed by atoms with Gasteiger partial charge in [0, 0.05) is 28.4 Å². The molecule has 0 spiro atoms. The topological polar surface area (TPSA) is 25.8 Å². The summed E-state index contributed by atoms with van der Waals surface area (Å²) >= 11 is 0. The SMILES string of the molecule is CC(C)c1ccc2ccc(CCc3cc4ccccc4cn3)cc2n1. The van der Waals surface area contributed by atoms with E-state index in [2.05, 4.69) is 79.5 Å². The molecule has 0 bridgehead atoms. The Kier molecular flexibility index (Phi) is 4.19. The second-order valence-corrected chi connectivity index (χ2v) is 6.94. The van der Waals surface area contributed by atoms with Gasteiger partial charge in [-0.15, -0.1) is 0 Å². The van der Waals surface area contributed by atoms with E-state index in [0.29, 0.717) is 5.92 Å². The van der Waals surface area contributed by atoms with Gasteiger partial charge in [0.05, 0.1) is 5.52 Å². The van der Waals surface area contributed by atoms with Crippen molar-refractivity contribution in [3.8, 4) is 0 Å². The van der Waals surface area contributed by atoms with Gasteiger partial charge in [-0.25, -0.2) is 0 Å². The average molecular weight is 326 g/mol. The fraction of sp³-hybridized carbons (Fsp3) is 0.217. The highest BCUT2D eigenvalue weighted by Gasteiger charge is 2.05. The molecule has 0 aliphatic carbocycles. The van der Waals surface area contributed by atoms with E-state index in [9.17, 15) is 0 Å². The van der Waals surface area contributed by atoms with Gasteiger partial charge in [0.2, 0.25) is 0 Å². The lowest BCUT2D eigenvalue weighted by molar-refractivity contribution is 0.829. The molecule has 0 saturated carbocycles. The quantitative estimate of drug-likeness (QED) is 0.481. The van der Waals surface area contributed by atoms with Crippen LogP contribution in [0.1, 0.15) is 36.7 Å². The molecule has 0 saturated heterocycles. The molecule has 0 unspecified atom stereocenters. The number of aryl methyl sites for hydroxylation is 2. The maximum atomic E-state index is 4.82. The van der Waals surface area contributed by atoms with Gasteiger partial charge < -0.3 is 0 Å². The third-order valence-electron chi connectivity index (χ3n) is 4.73. The molecule has 2 aromatic heterocycles. The second kappa shape index (κ2) is 6.64. The van der Waals surface area contributed by atoms with Gasteiger partial charge >= 0.3 is 0 Å². The first-order chi connectivity index (χ1) is 12.2. The van der Waals surface area contributed by atoms with E-state index in [-0.39, 0.29) is 0 Å². The lowest BCUT2D eigenvalue weighted by Crippen LogP contribution is -1.96. The molecule has 2 heteroatoms. The zero-order valence-corrected chi connectivity index (χ0v) is 14.7. The Balaban J connectivity index is 1.56. The summed E-state index contributed by atoms with van der Waals surface area (Å²) < 4.78 is 0. The largest absolute Gasteiger partial charge is 0.261 e. The van der Waals surface area contributed by atoms with Crippen molar-refractivity contribution in [1.29, 1.82) is 0 Å². The maximum absolute atomic E-state index is 4.82. The molecule has 0 fully saturated rings.